The molecule has 0 saturated carbocycles. The molecule has 1 amide bonds. The fraction of sp³-hybridized carbons (Fsp3) is 0.450. The van der Waals surface area contributed by atoms with E-state index in [9.17, 15) is 15.0 Å². The lowest BCUT2D eigenvalue weighted by Crippen LogP contribution is -2.81. The van der Waals surface area contributed by atoms with Crippen LogP contribution in [0.4, 0.5) is 0 Å². The second kappa shape index (κ2) is 9.90. The standard InChI is InChI=1S/C20H22Cl2N6O5S2/c1-3-32-20(16(31)23-2)17(34)33-18(22,10-29)15(30)19(20,11-5-4-6-24-7-11)28-8-12(26-27-28)14-25-13(21)9-35-14/h4-9,15,17,29-30,34H,3,10H2,1-2H3,(H,23,31)/t15-,17+,18+,19?,20-/m0/s1. The maximum Gasteiger partial charge on any atom is 0.258 e. The first-order valence-corrected chi connectivity index (χ1v) is 12.5. The van der Waals surface area contributed by atoms with E-state index >= 15 is 0 Å². The molecule has 3 N–H and O–H groups in total. The topological polar surface area (TPSA) is 145 Å². The minimum atomic E-state index is -2.10. The molecule has 11 nitrogen and oxygen atoms in total. The molecule has 1 fully saturated rings. The molecule has 35 heavy (non-hydrogen) atoms. The van der Waals surface area contributed by atoms with Crippen LogP contribution in [0.3, 0.4) is 0 Å². The van der Waals surface area contributed by atoms with Gasteiger partial charge in [-0.1, -0.05) is 34.5 Å². The minimum absolute atomic E-state index is 0.0145. The number of hydrogen-bond donors (Lipinski definition) is 4. The number of aliphatic hydroxyl groups excluding tert-OH is 2. The summed E-state index contributed by atoms with van der Waals surface area (Å²) < 4.78 is 13.1. The summed E-state index contributed by atoms with van der Waals surface area (Å²) in [5, 5.41) is 33.4. The van der Waals surface area contributed by atoms with Gasteiger partial charge in [0.2, 0.25) is 5.60 Å². The molecule has 4 rings (SSSR count). The number of thiol groups is 1. The summed E-state index contributed by atoms with van der Waals surface area (Å²) in [5.74, 6) is -0.687. The maximum absolute atomic E-state index is 13.7. The van der Waals surface area contributed by atoms with Crippen molar-refractivity contribution in [3.05, 3.63) is 46.8 Å². The Morgan fingerprint density at radius 2 is 2.26 bits per heavy atom. The molecule has 1 saturated heterocycles. The Hall–Kier alpha value is -1.84. The summed E-state index contributed by atoms with van der Waals surface area (Å²) in [6.45, 7) is 0.861. The number of rotatable bonds is 7. The number of thiazole rings is 1. The Morgan fingerprint density at radius 3 is 2.83 bits per heavy atom. The summed E-state index contributed by atoms with van der Waals surface area (Å²) in [6.07, 6.45) is 2.60. The van der Waals surface area contributed by atoms with Gasteiger partial charge in [-0.05, 0) is 13.0 Å². The maximum atomic E-state index is 13.7. The average Bonchev–Trinajstić information content (AvgIpc) is 3.52. The molecule has 1 aliphatic heterocycles. The van der Waals surface area contributed by atoms with Crippen LogP contribution >= 0.6 is 47.2 Å². The van der Waals surface area contributed by atoms with Gasteiger partial charge in [-0.15, -0.1) is 29.1 Å². The monoisotopic (exact) mass is 560 g/mol. The third kappa shape index (κ3) is 3.85. The highest BCUT2D eigenvalue weighted by molar-refractivity contribution is 7.80. The quantitative estimate of drug-likeness (QED) is 0.248. The molecular weight excluding hydrogens is 539 g/mol. The first-order chi connectivity index (χ1) is 16.7. The van der Waals surface area contributed by atoms with Crippen LogP contribution in [0, 0.1) is 0 Å². The zero-order chi connectivity index (χ0) is 25.4. The van der Waals surface area contributed by atoms with E-state index in [0.717, 1.165) is 0 Å². The summed E-state index contributed by atoms with van der Waals surface area (Å²) in [6, 6.07) is 3.23. The van der Waals surface area contributed by atoms with Crippen LogP contribution in [0.25, 0.3) is 10.7 Å². The van der Waals surface area contributed by atoms with Crippen LogP contribution in [0.5, 0.6) is 0 Å². The van der Waals surface area contributed by atoms with Crippen molar-refractivity contribution in [2.75, 3.05) is 20.3 Å². The van der Waals surface area contributed by atoms with Crippen molar-refractivity contribution >= 4 is 53.1 Å². The zero-order valence-corrected chi connectivity index (χ0v) is 21.7. The van der Waals surface area contributed by atoms with Crippen LogP contribution in [0.2, 0.25) is 5.15 Å². The minimum Gasteiger partial charge on any atom is -0.392 e. The number of amides is 1. The fourth-order valence-corrected chi connectivity index (χ4v) is 6.18. The number of carbonyl (C=O) groups is 1. The molecule has 0 aliphatic carbocycles. The Labute approximate surface area is 219 Å². The number of nitrogens with zero attached hydrogens (tertiary/aromatic N) is 5. The van der Waals surface area contributed by atoms with E-state index in [0.29, 0.717) is 10.7 Å². The van der Waals surface area contributed by atoms with Crippen molar-refractivity contribution in [2.24, 2.45) is 0 Å². The molecule has 15 heteroatoms. The Morgan fingerprint density at radius 1 is 1.49 bits per heavy atom. The number of nitrogens with one attached hydrogen (secondary N) is 1. The van der Waals surface area contributed by atoms with Gasteiger partial charge in [-0.25, -0.2) is 9.67 Å². The van der Waals surface area contributed by atoms with Crippen molar-refractivity contribution in [2.45, 2.75) is 34.7 Å². The highest BCUT2D eigenvalue weighted by Crippen LogP contribution is 2.55. The molecule has 0 spiro atoms. The number of carbonyl (C=O) groups excluding carboxylic acids is 1. The molecule has 4 heterocycles. The number of alkyl halides is 1. The predicted molar refractivity (Wildman–Crippen MR) is 131 cm³/mol. The first-order valence-electron chi connectivity index (χ1n) is 10.4. The Balaban J connectivity index is 2.12. The lowest BCUT2D eigenvalue weighted by Gasteiger charge is -2.59. The van der Waals surface area contributed by atoms with Gasteiger partial charge in [0.15, 0.2) is 10.6 Å². The van der Waals surface area contributed by atoms with Crippen molar-refractivity contribution < 1.29 is 24.5 Å². The van der Waals surface area contributed by atoms with Gasteiger partial charge in [0.25, 0.3) is 5.91 Å². The van der Waals surface area contributed by atoms with E-state index in [1.165, 1.54) is 41.7 Å². The second-order valence-corrected chi connectivity index (χ2v) is 9.95. The molecule has 1 aliphatic rings. The van der Waals surface area contributed by atoms with E-state index in [2.05, 4.69) is 38.2 Å². The number of aromatic nitrogens is 5. The largest absolute Gasteiger partial charge is 0.392 e. The van der Waals surface area contributed by atoms with Crippen LogP contribution in [0.1, 0.15) is 12.5 Å². The van der Waals surface area contributed by atoms with Crippen molar-refractivity contribution in [3.63, 3.8) is 0 Å². The lowest BCUT2D eigenvalue weighted by atomic mass is 9.67. The van der Waals surface area contributed by atoms with E-state index in [4.69, 9.17) is 32.7 Å². The van der Waals surface area contributed by atoms with E-state index < -0.39 is 40.3 Å². The highest BCUT2D eigenvalue weighted by atomic mass is 35.5. The average molecular weight is 561 g/mol. The third-order valence-electron chi connectivity index (χ3n) is 5.83. The van der Waals surface area contributed by atoms with Gasteiger partial charge in [0.05, 0.1) is 12.8 Å². The number of hydrogen-bond acceptors (Lipinski definition) is 11. The molecule has 3 aromatic heterocycles. The van der Waals surface area contributed by atoms with Crippen molar-refractivity contribution in [3.8, 4) is 10.7 Å². The summed E-state index contributed by atoms with van der Waals surface area (Å²) in [7, 11) is 1.41. The van der Waals surface area contributed by atoms with Gasteiger partial charge in [-0.2, -0.15) is 0 Å². The molecule has 1 unspecified atom stereocenters. The van der Waals surface area contributed by atoms with Crippen LogP contribution in [-0.4, -0.2) is 83.5 Å². The number of halogens is 2. The number of ether oxygens (including phenoxy) is 2. The van der Waals surface area contributed by atoms with Gasteiger partial charge < -0.3 is 25.0 Å². The molecule has 5 atom stereocenters. The number of pyridine rings is 1. The van der Waals surface area contributed by atoms with Gasteiger partial charge in [0, 0.05) is 37.0 Å². The molecule has 0 radical (unpaired) electrons. The normalized spacial score (nSPS) is 30.8. The number of aliphatic hydroxyl groups is 2. The summed E-state index contributed by atoms with van der Waals surface area (Å²) in [5.41, 5.74) is -4.84. The van der Waals surface area contributed by atoms with Gasteiger partial charge in [0.1, 0.15) is 27.4 Å². The molecule has 3 aromatic rings. The molecule has 188 valence electrons. The SMILES string of the molecule is CCO[C@@]1(C(=O)NC)[C@@H](S)O[C@](Cl)(CO)[C@H](O)C1(c1cccnc1)n1cc(-c2nc(Cl)cs2)nn1. The molecule has 0 bridgehead atoms. The highest BCUT2D eigenvalue weighted by Gasteiger charge is 2.75. The smallest absolute Gasteiger partial charge is 0.258 e. The Bertz CT molecular complexity index is 1200. The molecular formula is C20H22Cl2N6O5S2. The van der Waals surface area contributed by atoms with Gasteiger partial charge >= 0.3 is 0 Å². The summed E-state index contributed by atoms with van der Waals surface area (Å²) in [4.78, 5) is 22.1. The summed E-state index contributed by atoms with van der Waals surface area (Å²) >= 11 is 18.4. The zero-order valence-electron chi connectivity index (χ0n) is 18.5. The van der Waals surface area contributed by atoms with E-state index in [1.54, 1.807) is 24.4 Å². The molecule has 0 aromatic carbocycles. The van der Waals surface area contributed by atoms with Crippen molar-refractivity contribution in [1.82, 2.24) is 30.3 Å². The second-order valence-electron chi connectivity index (χ2n) is 7.60. The van der Waals surface area contributed by atoms with E-state index in [1.807, 2.05) is 0 Å². The first kappa shape index (κ1) is 26.2. The number of likely N-dealkylation sites (N-methyl/N-ethyl adjacent to an activating group) is 1. The Kier molecular flexibility index (Phi) is 7.42. The van der Waals surface area contributed by atoms with E-state index in [-0.39, 0.29) is 17.3 Å². The van der Waals surface area contributed by atoms with Gasteiger partial charge in [-0.3, -0.25) is 9.78 Å². The fourth-order valence-electron chi connectivity index (χ4n) is 4.40. The van der Waals surface area contributed by atoms with Crippen LogP contribution < -0.4 is 5.32 Å². The third-order valence-corrected chi connectivity index (χ3v) is 7.90. The van der Waals surface area contributed by atoms with Crippen LogP contribution in [-0.2, 0) is 19.8 Å². The lowest BCUT2D eigenvalue weighted by molar-refractivity contribution is -0.273. The van der Waals surface area contributed by atoms with Crippen LogP contribution in [0.15, 0.2) is 36.1 Å². The predicted octanol–water partition coefficient (Wildman–Crippen LogP) is 1.29. The van der Waals surface area contributed by atoms with Crippen molar-refractivity contribution in [1.29, 1.82) is 0 Å².